The first-order valence-corrected chi connectivity index (χ1v) is 7.13. The topological polar surface area (TPSA) is 33.3 Å². The fourth-order valence-corrected chi connectivity index (χ4v) is 3.46. The van der Waals surface area contributed by atoms with Crippen molar-refractivity contribution in [3.8, 4) is 5.75 Å². The molecular weight excluding hydrogens is 236 g/mol. The molecule has 0 radical (unpaired) electrons. The molecule has 0 spiro atoms. The summed E-state index contributed by atoms with van der Waals surface area (Å²) in [6, 6.07) is 6.96. The van der Waals surface area contributed by atoms with E-state index in [4.69, 9.17) is 4.74 Å². The van der Waals surface area contributed by atoms with Gasteiger partial charge in [0.2, 0.25) is 0 Å². The van der Waals surface area contributed by atoms with E-state index in [0.717, 1.165) is 12.3 Å². The number of methoxy groups -OCH3 is 1. The van der Waals surface area contributed by atoms with Crippen molar-refractivity contribution in [2.24, 2.45) is 5.41 Å². The fourth-order valence-electron chi connectivity index (χ4n) is 3.46. The predicted molar refractivity (Wildman–Crippen MR) is 79.7 cm³/mol. The van der Waals surface area contributed by atoms with Gasteiger partial charge in [0.1, 0.15) is 5.75 Å². The average molecular weight is 262 g/mol. The molecule has 1 aromatic carbocycles. The molecule has 106 valence electrons. The molecule has 1 aliphatic rings. The van der Waals surface area contributed by atoms with Gasteiger partial charge >= 0.3 is 0 Å². The Morgan fingerprint density at radius 3 is 2.47 bits per heavy atom. The molecule has 0 saturated heterocycles. The largest absolute Gasteiger partial charge is 0.496 e. The smallest absolute Gasteiger partial charge is 0.121 e. The number of aryl methyl sites for hydroxylation is 1. The van der Waals surface area contributed by atoms with E-state index in [1.54, 1.807) is 7.11 Å². The molecule has 3 heteroatoms. The minimum absolute atomic E-state index is 0.366. The van der Waals surface area contributed by atoms with E-state index in [-0.39, 0.29) is 0 Å². The van der Waals surface area contributed by atoms with Gasteiger partial charge in [0.15, 0.2) is 0 Å². The van der Waals surface area contributed by atoms with E-state index in [1.165, 1.54) is 30.4 Å². The lowest BCUT2D eigenvalue weighted by Crippen LogP contribution is -2.48. The van der Waals surface area contributed by atoms with E-state index in [9.17, 15) is 0 Å². The Hall–Kier alpha value is -1.06. The number of hydrogen-bond donors (Lipinski definition) is 2. The average Bonchev–Trinajstić information content (AvgIpc) is 2.36. The summed E-state index contributed by atoms with van der Waals surface area (Å²) in [5.74, 6) is 0.967. The van der Waals surface area contributed by atoms with Crippen LogP contribution in [0.2, 0.25) is 0 Å². The summed E-state index contributed by atoms with van der Waals surface area (Å²) in [4.78, 5) is 0. The Balaban J connectivity index is 2.28. The Morgan fingerprint density at radius 1 is 1.32 bits per heavy atom. The first kappa shape index (κ1) is 14.4. The highest BCUT2D eigenvalue weighted by molar-refractivity contribution is 5.38. The summed E-state index contributed by atoms with van der Waals surface area (Å²) in [6.45, 7) is 3.18. The Labute approximate surface area is 116 Å². The maximum absolute atomic E-state index is 5.35. The summed E-state index contributed by atoms with van der Waals surface area (Å²) in [6.07, 6.45) is 3.93. The molecule has 0 bridgehead atoms. The Morgan fingerprint density at radius 2 is 2.05 bits per heavy atom. The third-order valence-electron chi connectivity index (χ3n) is 4.53. The minimum Gasteiger partial charge on any atom is -0.496 e. The van der Waals surface area contributed by atoms with Crippen LogP contribution in [0.15, 0.2) is 18.2 Å². The van der Waals surface area contributed by atoms with Gasteiger partial charge in [0, 0.05) is 18.0 Å². The molecule has 1 saturated carbocycles. The standard InChI is InChI=1S/C16H26N2O/c1-12-10-13(6-7-14(12)19-4)15(18-3)16(11-17-2)8-5-9-16/h6-7,10,15,17-18H,5,8-9,11H2,1-4H3. The highest BCUT2D eigenvalue weighted by atomic mass is 16.5. The quantitative estimate of drug-likeness (QED) is 0.827. The van der Waals surface area contributed by atoms with Gasteiger partial charge in [0.25, 0.3) is 0 Å². The van der Waals surface area contributed by atoms with Gasteiger partial charge in [-0.15, -0.1) is 0 Å². The van der Waals surface area contributed by atoms with Crippen molar-refractivity contribution in [2.75, 3.05) is 27.7 Å². The van der Waals surface area contributed by atoms with Crippen LogP contribution in [0.5, 0.6) is 5.75 Å². The van der Waals surface area contributed by atoms with Crippen molar-refractivity contribution in [1.29, 1.82) is 0 Å². The van der Waals surface area contributed by atoms with Crippen molar-refractivity contribution in [2.45, 2.75) is 32.2 Å². The van der Waals surface area contributed by atoms with Gasteiger partial charge in [-0.2, -0.15) is 0 Å². The lowest BCUT2D eigenvalue weighted by molar-refractivity contribution is 0.0788. The molecule has 1 aromatic rings. The molecule has 19 heavy (non-hydrogen) atoms. The summed E-state index contributed by atoms with van der Waals surface area (Å²) >= 11 is 0. The Bertz CT molecular complexity index is 427. The molecule has 1 fully saturated rings. The number of rotatable bonds is 6. The molecule has 0 amide bonds. The van der Waals surface area contributed by atoms with Crippen LogP contribution >= 0.6 is 0 Å². The first-order valence-electron chi connectivity index (χ1n) is 7.13. The van der Waals surface area contributed by atoms with Crippen LogP contribution in [0.1, 0.15) is 36.4 Å². The monoisotopic (exact) mass is 262 g/mol. The SMILES string of the molecule is CNCC1(C(NC)c2ccc(OC)c(C)c2)CCC1. The molecule has 2 rings (SSSR count). The molecule has 2 N–H and O–H groups in total. The summed E-state index contributed by atoms with van der Waals surface area (Å²) in [5.41, 5.74) is 2.94. The zero-order chi connectivity index (χ0) is 13.9. The van der Waals surface area contributed by atoms with Crippen molar-refractivity contribution in [3.05, 3.63) is 29.3 Å². The van der Waals surface area contributed by atoms with E-state index in [2.05, 4.69) is 42.8 Å². The van der Waals surface area contributed by atoms with E-state index in [0.29, 0.717) is 11.5 Å². The second-order valence-electron chi connectivity index (χ2n) is 5.70. The number of ether oxygens (including phenoxy) is 1. The third kappa shape index (κ3) is 2.63. The van der Waals surface area contributed by atoms with Gasteiger partial charge in [-0.1, -0.05) is 18.6 Å². The maximum atomic E-state index is 5.35. The zero-order valence-electron chi connectivity index (χ0n) is 12.5. The first-order chi connectivity index (χ1) is 9.16. The highest BCUT2D eigenvalue weighted by Crippen LogP contribution is 2.50. The van der Waals surface area contributed by atoms with Crippen molar-refractivity contribution < 1.29 is 4.74 Å². The van der Waals surface area contributed by atoms with Crippen LogP contribution in [-0.4, -0.2) is 27.7 Å². The lowest BCUT2D eigenvalue weighted by atomic mass is 9.62. The molecule has 0 aromatic heterocycles. The van der Waals surface area contributed by atoms with Gasteiger partial charge in [-0.3, -0.25) is 0 Å². The predicted octanol–water partition coefficient (Wildman–Crippen LogP) is 2.65. The highest BCUT2D eigenvalue weighted by Gasteiger charge is 2.43. The van der Waals surface area contributed by atoms with Gasteiger partial charge < -0.3 is 15.4 Å². The number of nitrogens with one attached hydrogen (secondary N) is 2. The second kappa shape index (κ2) is 5.93. The molecule has 0 heterocycles. The summed E-state index contributed by atoms with van der Waals surface area (Å²) in [5, 5.41) is 6.90. The fraction of sp³-hybridized carbons (Fsp3) is 0.625. The number of hydrogen-bond acceptors (Lipinski definition) is 3. The van der Waals surface area contributed by atoms with E-state index < -0.39 is 0 Å². The summed E-state index contributed by atoms with van der Waals surface area (Å²) in [7, 11) is 5.85. The minimum atomic E-state index is 0.366. The Kier molecular flexibility index (Phi) is 4.48. The van der Waals surface area contributed by atoms with Crippen LogP contribution in [0.25, 0.3) is 0 Å². The van der Waals surface area contributed by atoms with Crippen molar-refractivity contribution in [3.63, 3.8) is 0 Å². The van der Waals surface area contributed by atoms with E-state index >= 15 is 0 Å². The molecule has 1 atom stereocenters. The number of benzene rings is 1. The molecule has 1 unspecified atom stereocenters. The second-order valence-corrected chi connectivity index (χ2v) is 5.70. The van der Waals surface area contributed by atoms with Crippen molar-refractivity contribution >= 4 is 0 Å². The molecule has 1 aliphatic carbocycles. The zero-order valence-corrected chi connectivity index (χ0v) is 12.5. The van der Waals surface area contributed by atoms with Crippen LogP contribution in [0.3, 0.4) is 0 Å². The maximum Gasteiger partial charge on any atom is 0.121 e. The van der Waals surface area contributed by atoms with E-state index in [1.807, 2.05) is 7.05 Å². The van der Waals surface area contributed by atoms with Crippen molar-refractivity contribution in [1.82, 2.24) is 10.6 Å². The summed E-state index contributed by atoms with van der Waals surface area (Å²) < 4.78 is 5.35. The van der Waals surface area contributed by atoms with Gasteiger partial charge in [0.05, 0.1) is 7.11 Å². The molecule has 3 nitrogen and oxygen atoms in total. The van der Waals surface area contributed by atoms with Gasteiger partial charge in [-0.05, 0) is 51.1 Å². The van der Waals surface area contributed by atoms with Crippen LogP contribution in [0, 0.1) is 12.3 Å². The van der Waals surface area contributed by atoms with Gasteiger partial charge in [-0.25, -0.2) is 0 Å². The molecular formula is C16H26N2O. The van der Waals surface area contributed by atoms with Crippen LogP contribution in [0.4, 0.5) is 0 Å². The van der Waals surface area contributed by atoms with Crippen LogP contribution < -0.4 is 15.4 Å². The third-order valence-corrected chi connectivity index (χ3v) is 4.53. The normalized spacial score (nSPS) is 18.7. The lowest BCUT2D eigenvalue weighted by Gasteiger charge is -2.48. The molecule has 0 aliphatic heterocycles. The van der Waals surface area contributed by atoms with Crippen LogP contribution in [-0.2, 0) is 0 Å².